The number of benzene rings is 2. The second-order valence-corrected chi connectivity index (χ2v) is 6.49. The molecule has 1 N–H and O–H groups in total. The standard InChI is InChI=1S/C21H18ClN3O5/c1-29-21(28)14-7-8-16(22)18(13-14)23-20(27)17-9-10-19(26)25(24-17)11-12-30-15-5-3-2-4-6-15/h2-10,13H,11-12H2,1H3,(H,23,27). The van der Waals surface area contributed by atoms with Gasteiger partial charge in [0.05, 0.1) is 29.9 Å². The number of carbonyl (C=O) groups is 2. The van der Waals surface area contributed by atoms with Crippen molar-refractivity contribution in [1.82, 2.24) is 9.78 Å². The molecule has 0 radical (unpaired) electrons. The van der Waals surface area contributed by atoms with Gasteiger partial charge >= 0.3 is 5.97 Å². The molecule has 0 spiro atoms. The van der Waals surface area contributed by atoms with Gasteiger partial charge in [0, 0.05) is 6.07 Å². The van der Waals surface area contributed by atoms with E-state index in [0.717, 1.165) is 4.68 Å². The lowest BCUT2D eigenvalue weighted by molar-refractivity contribution is 0.0600. The number of rotatable bonds is 7. The van der Waals surface area contributed by atoms with E-state index in [1.54, 1.807) is 12.1 Å². The van der Waals surface area contributed by atoms with E-state index in [1.807, 2.05) is 18.2 Å². The van der Waals surface area contributed by atoms with Crippen molar-refractivity contribution in [2.24, 2.45) is 0 Å². The van der Waals surface area contributed by atoms with Crippen LogP contribution in [0.25, 0.3) is 0 Å². The number of carbonyl (C=O) groups excluding carboxylic acids is 2. The molecule has 1 heterocycles. The zero-order valence-electron chi connectivity index (χ0n) is 16.0. The number of nitrogens with one attached hydrogen (secondary N) is 1. The molecule has 0 saturated heterocycles. The number of nitrogens with zero attached hydrogens (tertiary/aromatic N) is 2. The van der Waals surface area contributed by atoms with Crippen LogP contribution in [0.3, 0.4) is 0 Å². The zero-order chi connectivity index (χ0) is 21.5. The Hall–Kier alpha value is -3.65. The maximum absolute atomic E-state index is 12.6. The summed E-state index contributed by atoms with van der Waals surface area (Å²) in [7, 11) is 1.25. The van der Waals surface area contributed by atoms with Crippen LogP contribution in [0.2, 0.25) is 5.02 Å². The van der Waals surface area contributed by atoms with Gasteiger partial charge in [-0.1, -0.05) is 29.8 Å². The number of anilines is 1. The molecule has 0 saturated carbocycles. The summed E-state index contributed by atoms with van der Waals surface area (Å²) in [6, 6.07) is 16.0. The largest absolute Gasteiger partial charge is 0.492 e. The lowest BCUT2D eigenvalue weighted by Gasteiger charge is -2.10. The lowest BCUT2D eigenvalue weighted by Crippen LogP contribution is -2.28. The molecule has 30 heavy (non-hydrogen) atoms. The Balaban J connectivity index is 1.71. The van der Waals surface area contributed by atoms with Gasteiger partial charge in [-0.2, -0.15) is 5.10 Å². The van der Waals surface area contributed by atoms with Crippen LogP contribution in [0.15, 0.2) is 65.5 Å². The van der Waals surface area contributed by atoms with Gasteiger partial charge in [-0.3, -0.25) is 9.59 Å². The van der Waals surface area contributed by atoms with Gasteiger partial charge < -0.3 is 14.8 Å². The molecular formula is C21H18ClN3O5. The Labute approximate surface area is 177 Å². The first-order valence-electron chi connectivity index (χ1n) is 8.93. The Morgan fingerprint density at radius 3 is 2.60 bits per heavy atom. The summed E-state index contributed by atoms with van der Waals surface area (Å²) in [4.78, 5) is 36.3. The highest BCUT2D eigenvalue weighted by atomic mass is 35.5. The number of halogens is 1. The number of hydrogen-bond acceptors (Lipinski definition) is 6. The quantitative estimate of drug-likeness (QED) is 0.582. The molecule has 0 bridgehead atoms. The summed E-state index contributed by atoms with van der Waals surface area (Å²) in [6.45, 7) is 0.364. The monoisotopic (exact) mass is 427 g/mol. The summed E-state index contributed by atoms with van der Waals surface area (Å²) in [6.07, 6.45) is 0. The fourth-order valence-electron chi connectivity index (χ4n) is 2.55. The summed E-state index contributed by atoms with van der Waals surface area (Å²) < 4.78 is 11.4. The van der Waals surface area contributed by atoms with Crippen molar-refractivity contribution in [3.8, 4) is 5.75 Å². The summed E-state index contributed by atoms with van der Waals surface area (Å²) >= 11 is 6.10. The molecule has 8 nitrogen and oxygen atoms in total. The van der Waals surface area contributed by atoms with Crippen LogP contribution in [0.4, 0.5) is 5.69 Å². The van der Waals surface area contributed by atoms with Crippen LogP contribution < -0.4 is 15.6 Å². The Morgan fingerprint density at radius 2 is 1.87 bits per heavy atom. The Morgan fingerprint density at radius 1 is 1.10 bits per heavy atom. The maximum Gasteiger partial charge on any atom is 0.337 e. The molecule has 3 aromatic rings. The van der Waals surface area contributed by atoms with Crippen LogP contribution in [-0.4, -0.2) is 35.4 Å². The number of esters is 1. The van der Waals surface area contributed by atoms with Crippen molar-refractivity contribution in [3.05, 3.63) is 87.3 Å². The molecule has 0 atom stereocenters. The minimum Gasteiger partial charge on any atom is -0.492 e. The molecule has 2 aromatic carbocycles. The molecule has 0 aliphatic carbocycles. The van der Waals surface area contributed by atoms with E-state index in [9.17, 15) is 14.4 Å². The molecule has 0 aliphatic rings. The fraction of sp³-hybridized carbons (Fsp3) is 0.143. The first-order chi connectivity index (χ1) is 14.5. The van der Waals surface area contributed by atoms with E-state index >= 15 is 0 Å². The highest BCUT2D eigenvalue weighted by molar-refractivity contribution is 6.34. The topological polar surface area (TPSA) is 99.5 Å². The first kappa shape index (κ1) is 21.1. The SMILES string of the molecule is COC(=O)c1ccc(Cl)c(NC(=O)c2ccc(=O)n(CCOc3ccccc3)n2)c1. The van der Waals surface area contributed by atoms with Gasteiger partial charge in [0.25, 0.3) is 11.5 Å². The number of hydrogen-bond donors (Lipinski definition) is 1. The third-order valence-corrected chi connectivity index (χ3v) is 4.38. The van der Waals surface area contributed by atoms with Crippen LogP contribution in [0, 0.1) is 0 Å². The van der Waals surface area contributed by atoms with Crippen molar-refractivity contribution < 1.29 is 19.1 Å². The molecule has 0 fully saturated rings. The Kier molecular flexibility index (Phi) is 6.82. The van der Waals surface area contributed by atoms with Gasteiger partial charge in [0.1, 0.15) is 18.1 Å². The van der Waals surface area contributed by atoms with E-state index in [2.05, 4.69) is 15.2 Å². The van der Waals surface area contributed by atoms with Crippen LogP contribution in [0.1, 0.15) is 20.8 Å². The summed E-state index contributed by atoms with van der Waals surface area (Å²) in [5, 5.41) is 6.90. The number of aromatic nitrogens is 2. The van der Waals surface area contributed by atoms with Gasteiger partial charge in [-0.25, -0.2) is 9.48 Å². The van der Waals surface area contributed by atoms with Gasteiger partial charge in [-0.05, 0) is 36.4 Å². The van der Waals surface area contributed by atoms with Gasteiger partial charge in [0.2, 0.25) is 0 Å². The number of para-hydroxylation sites is 1. The van der Waals surface area contributed by atoms with E-state index in [4.69, 9.17) is 16.3 Å². The van der Waals surface area contributed by atoms with E-state index in [-0.39, 0.29) is 40.7 Å². The van der Waals surface area contributed by atoms with Crippen molar-refractivity contribution in [1.29, 1.82) is 0 Å². The predicted octanol–water partition coefficient (Wildman–Crippen LogP) is 3.01. The highest BCUT2D eigenvalue weighted by Gasteiger charge is 2.14. The molecule has 154 valence electrons. The maximum atomic E-state index is 12.6. The molecule has 1 amide bonds. The van der Waals surface area contributed by atoms with Crippen molar-refractivity contribution in [2.45, 2.75) is 6.54 Å². The van der Waals surface area contributed by atoms with E-state index < -0.39 is 11.9 Å². The third-order valence-electron chi connectivity index (χ3n) is 4.05. The minimum atomic E-state index is -0.586. The second kappa shape index (κ2) is 9.71. The predicted molar refractivity (Wildman–Crippen MR) is 111 cm³/mol. The molecular weight excluding hydrogens is 410 g/mol. The molecule has 0 aliphatic heterocycles. The third kappa shape index (κ3) is 5.24. The molecule has 1 aromatic heterocycles. The highest BCUT2D eigenvalue weighted by Crippen LogP contribution is 2.24. The van der Waals surface area contributed by atoms with Gasteiger partial charge in [-0.15, -0.1) is 0 Å². The molecule has 0 unspecified atom stereocenters. The summed E-state index contributed by atoms with van der Waals surface area (Å²) in [5.74, 6) is -0.483. The van der Waals surface area contributed by atoms with Crippen molar-refractivity contribution in [2.75, 3.05) is 19.0 Å². The normalized spacial score (nSPS) is 10.3. The number of ether oxygens (including phenoxy) is 2. The Bertz CT molecular complexity index is 1120. The fourth-order valence-corrected chi connectivity index (χ4v) is 2.71. The second-order valence-electron chi connectivity index (χ2n) is 6.08. The van der Waals surface area contributed by atoms with E-state index in [1.165, 1.54) is 37.4 Å². The average molecular weight is 428 g/mol. The molecule has 3 rings (SSSR count). The zero-order valence-corrected chi connectivity index (χ0v) is 16.8. The average Bonchev–Trinajstić information content (AvgIpc) is 2.76. The number of methoxy groups -OCH3 is 1. The van der Waals surface area contributed by atoms with Gasteiger partial charge in [0.15, 0.2) is 0 Å². The first-order valence-corrected chi connectivity index (χ1v) is 9.31. The van der Waals surface area contributed by atoms with Crippen LogP contribution >= 0.6 is 11.6 Å². The number of amides is 1. The lowest BCUT2D eigenvalue weighted by atomic mass is 10.2. The smallest absolute Gasteiger partial charge is 0.337 e. The van der Waals surface area contributed by atoms with E-state index in [0.29, 0.717) is 5.75 Å². The molecule has 9 heteroatoms. The van der Waals surface area contributed by atoms with Crippen molar-refractivity contribution >= 4 is 29.2 Å². The summed E-state index contributed by atoms with van der Waals surface area (Å²) in [5.41, 5.74) is 0.0903. The van der Waals surface area contributed by atoms with Crippen LogP contribution in [0.5, 0.6) is 5.75 Å². The van der Waals surface area contributed by atoms with Crippen LogP contribution in [-0.2, 0) is 11.3 Å². The minimum absolute atomic E-state index is 0.00819. The van der Waals surface area contributed by atoms with Crippen molar-refractivity contribution in [3.63, 3.8) is 0 Å².